The summed E-state index contributed by atoms with van der Waals surface area (Å²) < 4.78 is 1.03. The summed E-state index contributed by atoms with van der Waals surface area (Å²) >= 11 is 3.73. The monoisotopic (exact) mass is 365 g/mol. The van der Waals surface area contributed by atoms with Crippen LogP contribution in [0.5, 0.6) is 0 Å². The number of aliphatic hydroxyl groups excluding tert-OH is 1. The van der Waals surface area contributed by atoms with Gasteiger partial charge >= 0.3 is 0 Å². The Kier molecular flexibility index (Phi) is 6.29. The van der Waals surface area contributed by atoms with Crippen LogP contribution in [-0.4, -0.2) is 35.2 Å². The molecule has 0 radical (unpaired) electrons. The molecule has 0 saturated heterocycles. The molecule has 17 heavy (non-hydrogen) atoms. The van der Waals surface area contributed by atoms with E-state index in [4.69, 9.17) is 5.11 Å². The van der Waals surface area contributed by atoms with E-state index in [1.807, 2.05) is 31.4 Å². The summed E-state index contributed by atoms with van der Waals surface area (Å²) in [5.41, 5.74) is 0.654. The topological polar surface area (TPSA) is 49.3 Å². The molecule has 94 valence electrons. The molecule has 1 aromatic carbocycles. The van der Waals surface area contributed by atoms with Gasteiger partial charge in [0, 0.05) is 20.4 Å². The molecule has 0 heterocycles. The van der Waals surface area contributed by atoms with Crippen molar-refractivity contribution in [2.24, 2.45) is 0 Å². The molecule has 0 spiro atoms. The fourth-order valence-electron chi connectivity index (χ4n) is 1.45. The first-order valence-corrected chi connectivity index (χ1v) is 7.65. The van der Waals surface area contributed by atoms with Crippen LogP contribution < -0.4 is 5.32 Å². The summed E-state index contributed by atoms with van der Waals surface area (Å²) in [6.45, 7) is 1.97. The van der Waals surface area contributed by atoms with Crippen LogP contribution in [0.4, 0.5) is 0 Å². The number of carbonyl (C=O) groups excluding carboxylic acids is 1. The van der Waals surface area contributed by atoms with E-state index < -0.39 is 0 Å². The van der Waals surface area contributed by atoms with Gasteiger partial charge in [0.15, 0.2) is 0 Å². The predicted octanol–water partition coefficient (Wildman–Crippen LogP) is 2.13. The van der Waals surface area contributed by atoms with E-state index >= 15 is 0 Å². The number of nitrogens with one attached hydrogen (secondary N) is 1. The van der Waals surface area contributed by atoms with Crippen molar-refractivity contribution in [3.63, 3.8) is 0 Å². The van der Waals surface area contributed by atoms with Gasteiger partial charge in [-0.2, -0.15) is 11.8 Å². The average Bonchev–Trinajstić information content (AvgIpc) is 2.30. The van der Waals surface area contributed by atoms with E-state index in [0.717, 1.165) is 3.57 Å². The van der Waals surface area contributed by atoms with Gasteiger partial charge in [-0.15, -0.1) is 0 Å². The van der Waals surface area contributed by atoms with Gasteiger partial charge in [-0.1, -0.05) is 6.07 Å². The summed E-state index contributed by atoms with van der Waals surface area (Å²) in [6.07, 6.45) is 1.93. The molecule has 0 aromatic heterocycles. The predicted molar refractivity (Wildman–Crippen MR) is 80.5 cm³/mol. The lowest BCUT2D eigenvalue weighted by molar-refractivity contribution is 0.0936. The molecule has 1 rings (SSSR count). The first-order valence-electron chi connectivity index (χ1n) is 5.28. The largest absolute Gasteiger partial charge is 0.395 e. The van der Waals surface area contributed by atoms with E-state index in [9.17, 15) is 4.79 Å². The van der Waals surface area contributed by atoms with Crippen LogP contribution in [0.1, 0.15) is 17.3 Å². The minimum absolute atomic E-state index is 0.0294. The van der Waals surface area contributed by atoms with Crippen molar-refractivity contribution < 1.29 is 9.90 Å². The third-order valence-electron chi connectivity index (χ3n) is 2.49. The Morgan fingerprint density at radius 1 is 1.59 bits per heavy atom. The van der Waals surface area contributed by atoms with Crippen LogP contribution in [0, 0.1) is 3.57 Å². The minimum Gasteiger partial charge on any atom is -0.395 e. The van der Waals surface area contributed by atoms with Crippen LogP contribution in [0.2, 0.25) is 0 Å². The van der Waals surface area contributed by atoms with E-state index in [0.29, 0.717) is 5.56 Å². The Labute approximate surface area is 120 Å². The van der Waals surface area contributed by atoms with E-state index in [2.05, 4.69) is 27.9 Å². The van der Waals surface area contributed by atoms with E-state index in [1.165, 1.54) is 0 Å². The van der Waals surface area contributed by atoms with Crippen molar-refractivity contribution in [3.8, 4) is 0 Å². The Hall–Kier alpha value is -0.270. The van der Waals surface area contributed by atoms with Gasteiger partial charge in [0.2, 0.25) is 0 Å². The maximum Gasteiger partial charge on any atom is 0.251 e. The highest BCUT2D eigenvalue weighted by Gasteiger charge is 2.18. The number of amides is 1. The van der Waals surface area contributed by atoms with E-state index in [1.54, 1.807) is 17.8 Å². The van der Waals surface area contributed by atoms with Gasteiger partial charge in [-0.3, -0.25) is 4.79 Å². The minimum atomic E-state index is -0.0940. The number of rotatable bonds is 5. The molecule has 1 aromatic rings. The third kappa shape index (κ3) is 4.48. The van der Waals surface area contributed by atoms with Crippen molar-refractivity contribution in [1.29, 1.82) is 0 Å². The van der Waals surface area contributed by atoms with Crippen molar-refractivity contribution in [2.45, 2.75) is 18.2 Å². The molecule has 0 aliphatic heterocycles. The van der Waals surface area contributed by atoms with Crippen molar-refractivity contribution in [1.82, 2.24) is 5.32 Å². The Morgan fingerprint density at radius 2 is 2.29 bits per heavy atom. The van der Waals surface area contributed by atoms with Crippen LogP contribution in [-0.2, 0) is 0 Å². The zero-order valence-corrected chi connectivity index (χ0v) is 12.8. The molecule has 3 nitrogen and oxygen atoms in total. The quantitative estimate of drug-likeness (QED) is 0.787. The first kappa shape index (κ1) is 14.8. The molecule has 0 bridgehead atoms. The van der Waals surface area contributed by atoms with Gasteiger partial charge in [0.05, 0.1) is 6.61 Å². The summed E-state index contributed by atoms with van der Waals surface area (Å²) in [5.74, 6) is -0.0940. The number of halogens is 1. The number of hydrogen-bond acceptors (Lipinski definition) is 3. The summed E-state index contributed by atoms with van der Waals surface area (Å²) in [7, 11) is 0. The molecule has 0 unspecified atom stereocenters. The number of hydrogen-bond donors (Lipinski definition) is 2. The molecule has 0 aliphatic carbocycles. The fraction of sp³-hybridized carbons (Fsp3) is 0.417. The number of thioether (sulfide) groups is 1. The Morgan fingerprint density at radius 3 is 2.82 bits per heavy atom. The third-order valence-corrected chi connectivity index (χ3v) is 4.32. The normalized spacial score (nSPS) is 14.1. The summed E-state index contributed by atoms with van der Waals surface area (Å²) in [6, 6.07) is 7.38. The molecule has 5 heteroatoms. The van der Waals surface area contributed by atoms with Crippen molar-refractivity contribution >= 4 is 40.3 Å². The molecule has 0 fully saturated rings. The van der Waals surface area contributed by atoms with Gasteiger partial charge in [0.1, 0.15) is 0 Å². The second kappa shape index (κ2) is 7.23. The Balaban J connectivity index is 2.66. The number of aliphatic hydroxyl groups is 1. The maximum absolute atomic E-state index is 11.9. The summed E-state index contributed by atoms with van der Waals surface area (Å²) in [5, 5.41) is 12.1. The molecule has 2 atom stereocenters. The standard InChI is InChI=1S/C12H16INO2S/c1-8(11(7-15)17-2)14-12(16)9-4-3-5-10(13)6-9/h3-6,8,11,15H,7H2,1-2H3,(H,14,16)/t8-,11+/m0/s1. The molecular formula is C12H16INO2S. The SMILES string of the molecule is CS[C@H](CO)[C@H](C)NC(=O)c1cccc(I)c1. The maximum atomic E-state index is 11.9. The number of carbonyl (C=O) groups is 1. The van der Waals surface area contributed by atoms with Crippen LogP contribution in [0.3, 0.4) is 0 Å². The lowest BCUT2D eigenvalue weighted by Gasteiger charge is -2.21. The van der Waals surface area contributed by atoms with Crippen LogP contribution >= 0.6 is 34.4 Å². The highest BCUT2D eigenvalue weighted by molar-refractivity contribution is 14.1. The van der Waals surface area contributed by atoms with Gasteiger partial charge < -0.3 is 10.4 Å². The van der Waals surface area contributed by atoms with Gasteiger partial charge in [-0.25, -0.2) is 0 Å². The molecule has 2 N–H and O–H groups in total. The molecular weight excluding hydrogens is 349 g/mol. The first-order chi connectivity index (χ1) is 8.08. The zero-order valence-electron chi connectivity index (χ0n) is 9.81. The second-order valence-corrected chi connectivity index (χ2v) is 6.05. The second-order valence-electron chi connectivity index (χ2n) is 3.73. The van der Waals surface area contributed by atoms with Gasteiger partial charge in [-0.05, 0) is 54.0 Å². The lowest BCUT2D eigenvalue weighted by Crippen LogP contribution is -2.41. The lowest BCUT2D eigenvalue weighted by atomic mass is 10.2. The van der Waals surface area contributed by atoms with Crippen molar-refractivity contribution in [3.05, 3.63) is 33.4 Å². The molecule has 0 aliphatic rings. The zero-order chi connectivity index (χ0) is 12.8. The number of benzene rings is 1. The van der Waals surface area contributed by atoms with Crippen molar-refractivity contribution in [2.75, 3.05) is 12.9 Å². The summed E-state index contributed by atoms with van der Waals surface area (Å²) in [4.78, 5) is 11.9. The smallest absolute Gasteiger partial charge is 0.251 e. The molecule has 1 amide bonds. The Bertz CT molecular complexity index is 383. The highest BCUT2D eigenvalue weighted by Crippen LogP contribution is 2.12. The van der Waals surface area contributed by atoms with E-state index in [-0.39, 0.29) is 23.8 Å². The van der Waals surface area contributed by atoms with Gasteiger partial charge in [0.25, 0.3) is 5.91 Å². The average molecular weight is 365 g/mol. The highest BCUT2D eigenvalue weighted by atomic mass is 127. The van der Waals surface area contributed by atoms with Crippen LogP contribution in [0.25, 0.3) is 0 Å². The van der Waals surface area contributed by atoms with Crippen LogP contribution in [0.15, 0.2) is 24.3 Å². The fourth-order valence-corrected chi connectivity index (χ4v) is 2.62. The molecule has 0 saturated carbocycles.